The van der Waals surface area contributed by atoms with Gasteiger partial charge in [0, 0.05) is 6.04 Å². The van der Waals surface area contributed by atoms with Crippen LogP contribution in [0.2, 0.25) is 0 Å². The van der Waals surface area contributed by atoms with Crippen molar-refractivity contribution in [2.75, 3.05) is 14.1 Å². The van der Waals surface area contributed by atoms with Crippen LogP contribution >= 0.6 is 0 Å². The van der Waals surface area contributed by atoms with E-state index in [2.05, 4.69) is 29.9 Å². The van der Waals surface area contributed by atoms with E-state index in [1.165, 1.54) is 11.1 Å². The van der Waals surface area contributed by atoms with Crippen LogP contribution in [0.25, 0.3) is 4.85 Å². The smallest absolute Gasteiger partial charge is 0.190 e. The molecule has 2 heteroatoms. The molecule has 1 aliphatic rings. The van der Waals surface area contributed by atoms with Crippen LogP contribution in [-0.4, -0.2) is 19.0 Å². The molecular weight excluding hydrogens is 172 g/mol. The Morgan fingerprint density at radius 2 is 2.21 bits per heavy atom. The van der Waals surface area contributed by atoms with Crippen molar-refractivity contribution in [2.45, 2.75) is 18.9 Å². The molecule has 0 spiro atoms. The largest absolute Gasteiger partial charge is 0.302 e. The Balaban J connectivity index is 2.48. The van der Waals surface area contributed by atoms with E-state index in [-0.39, 0.29) is 0 Å². The number of benzene rings is 1. The van der Waals surface area contributed by atoms with Gasteiger partial charge in [-0.3, -0.25) is 0 Å². The maximum Gasteiger partial charge on any atom is 0.190 e. The van der Waals surface area contributed by atoms with Gasteiger partial charge < -0.3 is 4.90 Å². The molecule has 0 aliphatic heterocycles. The minimum Gasteiger partial charge on any atom is -0.302 e. The highest BCUT2D eigenvalue weighted by atomic mass is 15.1. The molecule has 2 nitrogen and oxygen atoms in total. The molecule has 1 aromatic carbocycles. The third kappa shape index (κ3) is 1.30. The first-order valence-electron chi connectivity index (χ1n) is 4.89. The van der Waals surface area contributed by atoms with Gasteiger partial charge in [-0.1, -0.05) is 18.2 Å². The number of hydrogen-bond acceptors (Lipinski definition) is 1. The van der Waals surface area contributed by atoms with Gasteiger partial charge in [-0.05, 0) is 38.1 Å². The topological polar surface area (TPSA) is 7.60 Å². The Kier molecular flexibility index (Phi) is 2.26. The van der Waals surface area contributed by atoms with Gasteiger partial charge in [0.05, 0.1) is 6.57 Å². The molecule has 1 aliphatic carbocycles. The molecule has 0 heterocycles. The number of rotatable bonds is 1. The van der Waals surface area contributed by atoms with Gasteiger partial charge in [-0.25, -0.2) is 4.85 Å². The molecule has 0 aromatic heterocycles. The Labute approximate surface area is 85.0 Å². The van der Waals surface area contributed by atoms with Crippen molar-refractivity contribution in [3.8, 4) is 0 Å². The standard InChI is InChI=1S/C12H14N2/c1-13-11-6-4-5-10-9(11)7-8-12(10)14(2)3/h4-6,12H,7-8H2,2-3H3/t12-/m1/s1. The van der Waals surface area contributed by atoms with Crippen LogP contribution < -0.4 is 0 Å². The molecular formula is C12H14N2. The van der Waals surface area contributed by atoms with Gasteiger partial charge in [0.2, 0.25) is 0 Å². The van der Waals surface area contributed by atoms with E-state index < -0.39 is 0 Å². The average molecular weight is 186 g/mol. The Bertz CT molecular complexity index is 388. The van der Waals surface area contributed by atoms with Crippen molar-refractivity contribution in [3.63, 3.8) is 0 Å². The fraction of sp³-hybridized carbons (Fsp3) is 0.417. The fourth-order valence-electron chi connectivity index (χ4n) is 2.25. The van der Waals surface area contributed by atoms with Crippen molar-refractivity contribution in [1.29, 1.82) is 0 Å². The zero-order chi connectivity index (χ0) is 10.1. The highest BCUT2D eigenvalue weighted by molar-refractivity contribution is 5.58. The first-order chi connectivity index (χ1) is 6.74. The first kappa shape index (κ1) is 9.23. The second-order valence-corrected chi connectivity index (χ2v) is 3.97. The minimum absolute atomic E-state index is 0.506. The van der Waals surface area contributed by atoms with E-state index in [9.17, 15) is 0 Å². The van der Waals surface area contributed by atoms with Crippen molar-refractivity contribution < 1.29 is 0 Å². The lowest BCUT2D eigenvalue weighted by atomic mass is 10.1. The van der Waals surface area contributed by atoms with Crippen LogP contribution in [0.3, 0.4) is 0 Å². The van der Waals surface area contributed by atoms with Crippen LogP contribution in [0.5, 0.6) is 0 Å². The van der Waals surface area contributed by atoms with Crippen molar-refractivity contribution in [3.05, 3.63) is 40.7 Å². The molecule has 0 unspecified atom stereocenters. The van der Waals surface area contributed by atoms with Gasteiger partial charge in [-0.2, -0.15) is 0 Å². The summed E-state index contributed by atoms with van der Waals surface area (Å²) in [5, 5.41) is 0. The number of fused-ring (bicyclic) bond motifs is 1. The fourth-order valence-corrected chi connectivity index (χ4v) is 2.25. The summed E-state index contributed by atoms with van der Waals surface area (Å²) in [7, 11) is 4.20. The second kappa shape index (κ2) is 3.43. The molecule has 1 atom stereocenters. The molecule has 0 N–H and O–H groups in total. The van der Waals surface area contributed by atoms with Gasteiger partial charge >= 0.3 is 0 Å². The van der Waals surface area contributed by atoms with E-state index in [1.54, 1.807) is 0 Å². The molecule has 0 bridgehead atoms. The lowest BCUT2D eigenvalue weighted by molar-refractivity contribution is 0.299. The van der Waals surface area contributed by atoms with Crippen molar-refractivity contribution in [1.82, 2.24) is 4.90 Å². The van der Waals surface area contributed by atoms with E-state index >= 15 is 0 Å². The first-order valence-corrected chi connectivity index (χ1v) is 4.89. The summed E-state index contributed by atoms with van der Waals surface area (Å²) in [5.41, 5.74) is 3.46. The maximum atomic E-state index is 7.10. The van der Waals surface area contributed by atoms with Crippen LogP contribution in [0.4, 0.5) is 5.69 Å². The summed E-state index contributed by atoms with van der Waals surface area (Å²) in [6, 6.07) is 6.58. The monoisotopic (exact) mass is 186 g/mol. The zero-order valence-electron chi connectivity index (χ0n) is 8.62. The summed E-state index contributed by atoms with van der Waals surface area (Å²) in [6.07, 6.45) is 2.20. The summed E-state index contributed by atoms with van der Waals surface area (Å²) >= 11 is 0. The zero-order valence-corrected chi connectivity index (χ0v) is 8.62. The van der Waals surface area contributed by atoms with Crippen LogP contribution in [0.1, 0.15) is 23.6 Å². The van der Waals surface area contributed by atoms with Gasteiger partial charge in [-0.15, -0.1) is 0 Å². The Hall–Kier alpha value is -1.33. The predicted molar refractivity (Wildman–Crippen MR) is 57.5 cm³/mol. The third-order valence-corrected chi connectivity index (χ3v) is 2.96. The lowest BCUT2D eigenvalue weighted by Crippen LogP contribution is -2.17. The van der Waals surface area contributed by atoms with Crippen LogP contribution in [0.15, 0.2) is 18.2 Å². The predicted octanol–water partition coefficient (Wildman–Crippen LogP) is 2.79. The highest BCUT2D eigenvalue weighted by Crippen LogP contribution is 2.39. The summed E-state index contributed by atoms with van der Waals surface area (Å²) in [4.78, 5) is 5.80. The van der Waals surface area contributed by atoms with Crippen LogP contribution in [0, 0.1) is 6.57 Å². The number of hydrogen-bond donors (Lipinski definition) is 0. The van der Waals surface area contributed by atoms with Crippen LogP contribution in [-0.2, 0) is 6.42 Å². The summed E-state index contributed by atoms with van der Waals surface area (Å²) in [6.45, 7) is 7.10. The average Bonchev–Trinajstić information content (AvgIpc) is 2.60. The Morgan fingerprint density at radius 1 is 1.43 bits per heavy atom. The van der Waals surface area contributed by atoms with Gasteiger partial charge in [0.1, 0.15) is 0 Å². The summed E-state index contributed by atoms with van der Waals surface area (Å²) in [5.74, 6) is 0. The molecule has 14 heavy (non-hydrogen) atoms. The van der Waals surface area contributed by atoms with Gasteiger partial charge in [0.25, 0.3) is 0 Å². The molecule has 72 valence electrons. The molecule has 0 saturated carbocycles. The molecule has 1 aromatic rings. The molecule has 0 radical (unpaired) electrons. The van der Waals surface area contributed by atoms with Gasteiger partial charge in [0.15, 0.2) is 5.69 Å². The van der Waals surface area contributed by atoms with E-state index in [4.69, 9.17) is 6.57 Å². The SMILES string of the molecule is [C-]#[N+]c1cccc2c1CC[C@H]2N(C)C. The third-order valence-electron chi connectivity index (χ3n) is 2.96. The van der Waals surface area contributed by atoms with E-state index in [1.807, 2.05) is 12.1 Å². The molecule has 0 saturated heterocycles. The lowest BCUT2D eigenvalue weighted by Gasteiger charge is -2.20. The van der Waals surface area contributed by atoms with E-state index in [0.717, 1.165) is 18.5 Å². The number of nitrogens with zero attached hydrogens (tertiary/aromatic N) is 2. The van der Waals surface area contributed by atoms with Crippen molar-refractivity contribution >= 4 is 5.69 Å². The van der Waals surface area contributed by atoms with Crippen molar-refractivity contribution in [2.24, 2.45) is 0 Å². The second-order valence-electron chi connectivity index (χ2n) is 3.97. The van der Waals surface area contributed by atoms with E-state index in [0.29, 0.717) is 6.04 Å². The quantitative estimate of drug-likeness (QED) is 0.612. The highest BCUT2D eigenvalue weighted by Gasteiger charge is 2.25. The minimum atomic E-state index is 0.506. The normalized spacial score (nSPS) is 19.4. The molecule has 0 fully saturated rings. The molecule has 2 rings (SSSR count). The molecule has 0 amide bonds. The maximum absolute atomic E-state index is 7.10. The summed E-state index contributed by atoms with van der Waals surface area (Å²) < 4.78 is 0. The Morgan fingerprint density at radius 3 is 2.86 bits per heavy atom.